The summed E-state index contributed by atoms with van der Waals surface area (Å²) in [6.45, 7) is 0. The zero-order valence-corrected chi connectivity index (χ0v) is 9.19. The lowest BCUT2D eigenvalue weighted by atomic mass is 10.2. The van der Waals surface area contributed by atoms with Crippen LogP contribution in [0.5, 0.6) is 0 Å². The first-order chi connectivity index (χ1) is 8.74. The third-order valence-electron chi connectivity index (χ3n) is 2.51. The van der Waals surface area contributed by atoms with Crippen molar-refractivity contribution in [1.29, 1.82) is 0 Å². The monoisotopic (exact) mass is 240 g/mol. The summed E-state index contributed by atoms with van der Waals surface area (Å²) in [4.78, 5) is 19.2. The van der Waals surface area contributed by atoms with Crippen molar-refractivity contribution in [1.82, 2.24) is 19.7 Å². The van der Waals surface area contributed by atoms with Gasteiger partial charge in [0, 0.05) is 17.8 Å². The van der Waals surface area contributed by atoms with Crippen LogP contribution in [0.25, 0.3) is 16.9 Å². The zero-order chi connectivity index (χ0) is 12.5. The fourth-order valence-electron chi connectivity index (χ4n) is 1.62. The van der Waals surface area contributed by atoms with Gasteiger partial charge >= 0.3 is 5.97 Å². The van der Waals surface area contributed by atoms with Gasteiger partial charge in [-0.15, -0.1) is 0 Å². The molecule has 0 bridgehead atoms. The number of aromatic nitrogens is 4. The van der Waals surface area contributed by atoms with E-state index in [-0.39, 0.29) is 5.56 Å². The maximum atomic E-state index is 10.8. The fourth-order valence-corrected chi connectivity index (χ4v) is 1.62. The Morgan fingerprint density at radius 1 is 1.22 bits per heavy atom. The Kier molecular flexibility index (Phi) is 2.26. The number of benzene rings is 1. The Hall–Kier alpha value is -2.76. The van der Waals surface area contributed by atoms with E-state index in [0.29, 0.717) is 5.95 Å². The van der Waals surface area contributed by atoms with E-state index >= 15 is 0 Å². The molecule has 0 aliphatic carbocycles. The highest BCUT2D eigenvalue weighted by Gasteiger charge is 2.09. The number of carbonyl (C=O) groups is 1. The highest BCUT2D eigenvalue weighted by molar-refractivity contribution is 5.87. The molecule has 0 radical (unpaired) electrons. The number of hydrogen-bond donors (Lipinski definition) is 1. The number of carboxylic acids is 1. The topological polar surface area (TPSA) is 80.9 Å². The van der Waals surface area contributed by atoms with Gasteiger partial charge in [-0.1, -0.05) is 18.2 Å². The van der Waals surface area contributed by atoms with Crippen molar-refractivity contribution < 1.29 is 9.90 Å². The molecule has 88 valence electrons. The molecule has 0 atom stereocenters. The van der Waals surface area contributed by atoms with Crippen LogP contribution in [0.15, 0.2) is 42.9 Å². The van der Waals surface area contributed by atoms with E-state index in [2.05, 4.69) is 15.1 Å². The quantitative estimate of drug-likeness (QED) is 0.734. The van der Waals surface area contributed by atoms with Crippen LogP contribution in [0.3, 0.4) is 0 Å². The normalized spacial score (nSPS) is 10.7. The molecule has 0 aliphatic rings. The van der Waals surface area contributed by atoms with Crippen LogP contribution in [-0.4, -0.2) is 30.8 Å². The number of para-hydroxylation sites is 1. The molecular formula is C12H8N4O2. The molecule has 0 saturated heterocycles. The van der Waals surface area contributed by atoms with Gasteiger partial charge in [-0.2, -0.15) is 5.10 Å². The van der Waals surface area contributed by atoms with Crippen LogP contribution in [0, 0.1) is 0 Å². The summed E-state index contributed by atoms with van der Waals surface area (Å²) < 4.78 is 1.34. The number of hydrogen-bond acceptors (Lipinski definition) is 4. The molecule has 3 aromatic rings. The number of aromatic carboxylic acids is 1. The molecule has 0 unspecified atom stereocenters. The smallest absolute Gasteiger partial charge is 0.338 e. The molecule has 1 N–H and O–H groups in total. The Morgan fingerprint density at radius 3 is 2.83 bits per heavy atom. The minimum atomic E-state index is -1.03. The Labute approximate surface area is 102 Å². The van der Waals surface area contributed by atoms with E-state index in [9.17, 15) is 4.79 Å². The molecule has 0 spiro atoms. The second-order valence-electron chi connectivity index (χ2n) is 3.71. The minimum absolute atomic E-state index is 0.103. The van der Waals surface area contributed by atoms with E-state index in [1.165, 1.54) is 17.1 Å². The average Bonchev–Trinajstić information content (AvgIpc) is 2.88. The predicted octanol–water partition coefficient (Wildman–Crippen LogP) is 1.51. The SMILES string of the molecule is O=C(O)c1cnn(-c2ncc3ccccc3n2)c1. The van der Waals surface area contributed by atoms with Crippen molar-refractivity contribution in [3.05, 3.63) is 48.4 Å². The first-order valence-corrected chi connectivity index (χ1v) is 5.24. The Bertz CT molecular complexity index is 736. The van der Waals surface area contributed by atoms with Crippen molar-refractivity contribution in [2.24, 2.45) is 0 Å². The van der Waals surface area contributed by atoms with Gasteiger partial charge in [-0.3, -0.25) is 0 Å². The lowest BCUT2D eigenvalue weighted by molar-refractivity contribution is 0.0697. The molecule has 0 saturated carbocycles. The maximum absolute atomic E-state index is 10.8. The van der Waals surface area contributed by atoms with Gasteiger partial charge < -0.3 is 5.11 Å². The standard InChI is InChI=1S/C12H8N4O2/c17-11(18)9-6-14-16(7-9)12-13-5-8-3-1-2-4-10(8)15-12/h1-7H,(H,17,18). The number of rotatable bonds is 2. The second-order valence-corrected chi connectivity index (χ2v) is 3.71. The van der Waals surface area contributed by atoms with E-state index in [4.69, 9.17) is 5.11 Å². The first-order valence-electron chi connectivity index (χ1n) is 5.24. The molecule has 0 fully saturated rings. The third-order valence-corrected chi connectivity index (χ3v) is 2.51. The van der Waals surface area contributed by atoms with Crippen LogP contribution in [0.4, 0.5) is 0 Å². The first kappa shape index (κ1) is 10.4. The summed E-state index contributed by atoms with van der Waals surface area (Å²) in [7, 11) is 0. The van der Waals surface area contributed by atoms with Gasteiger partial charge in [0.25, 0.3) is 5.95 Å². The molecule has 0 amide bonds. The molecule has 3 rings (SSSR count). The summed E-state index contributed by atoms with van der Waals surface area (Å²) >= 11 is 0. The van der Waals surface area contributed by atoms with Crippen LogP contribution in [0.2, 0.25) is 0 Å². The Balaban J connectivity index is 2.10. The molecule has 1 aromatic carbocycles. The number of carboxylic acid groups (broad SMARTS) is 1. The van der Waals surface area contributed by atoms with Gasteiger partial charge in [0.1, 0.15) is 0 Å². The van der Waals surface area contributed by atoms with Gasteiger partial charge in [0.15, 0.2) is 0 Å². The molecule has 6 heteroatoms. The van der Waals surface area contributed by atoms with Gasteiger partial charge in [0.05, 0.1) is 17.3 Å². The molecule has 18 heavy (non-hydrogen) atoms. The molecular weight excluding hydrogens is 232 g/mol. The summed E-state index contributed by atoms with van der Waals surface area (Å²) in [6, 6.07) is 7.56. The highest BCUT2D eigenvalue weighted by Crippen LogP contribution is 2.11. The van der Waals surface area contributed by atoms with Crippen LogP contribution in [0.1, 0.15) is 10.4 Å². The van der Waals surface area contributed by atoms with Crippen molar-refractivity contribution in [2.45, 2.75) is 0 Å². The van der Waals surface area contributed by atoms with Gasteiger partial charge in [-0.25, -0.2) is 19.4 Å². The third kappa shape index (κ3) is 1.69. The van der Waals surface area contributed by atoms with Crippen molar-refractivity contribution >= 4 is 16.9 Å². The van der Waals surface area contributed by atoms with E-state index in [1.807, 2.05) is 24.3 Å². The minimum Gasteiger partial charge on any atom is -0.478 e. The van der Waals surface area contributed by atoms with E-state index in [0.717, 1.165) is 10.9 Å². The number of fused-ring (bicyclic) bond motifs is 1. The second kappa shape index (κ2) is 3.92. The molecule has 0 aliphatic heterocycles. The molecule has 2 aromatic heterocycles. The lowest BCUT2D eigenvalue weighted by Crippen LogP contribution is -2.01. The van der Waals surface area contributed by atoms with Crippen LogP contribution in [-0.2, 0) is 0 Å². The fraction of sp³-hybridized carbons (Fsp3) is 0. The van der Waals surface area contributed by atoms with Crippen LogP contribution >= 0.6 is 0 Å². The Morgan fingerprint density at radius 2 is 2.06 bits per heavy atom. The van der Waals surface area contributed by atoms with E-state index in [1.54, 1.807) is 6.20 Å². The summed E-state index contributed by atoms with van der Waals surface area (Å²) in [5.74, 6) is -0.678. The summed E-state index contributed by atoms with van der Waals surface area (Å²) in [5.41, 5.74) is 0.890. The van der Waals surface area contributed by atoms with Crippen LogP contribution < -0.4 is 0 Å². The highest BCUT2D eigenvalue weighted by atomic mass is 16.4. The molecule has 6 nitrogen and oxygen atoms in total. The summed E-state index contributed by atoms with van der Waals surface area (Å²) in [5, 5.41) is 13.7. The number of nitrogens with zero attached hydrogens (tertiary/aromatic N) is 4. The summed E-state index contributed by atoms with van der Waals surface area (Å²) in [6.07, 6.45) is 4.33. The maximum Gasteiger partial charge on any atom is 0.338 e. The zero-order valence-electron chi connectivity index (χ0n) is 9.19. The average molecular weight is 240 g/mol. The van der Waals surface area contributed by atoms with E-state index < -0.39 is 5.97 Å². The predicted molar refractivity (Wildman–Crippen MR) is 63.6 cm³/mol. The van der Waals surface area contributed by atoms with Gasteiger partial charge in [-0.05, 0) is 6.07 Å². The van der Waals surface area contributed by atoms with Crippen molar-refractivity contribution in [2.75, 3.05) is 0 Å². The van der Waals surface area contributed by atoms with Crippen molar-refractivity contribution in [3.8, 4) is 5.95 Å². The lowest BCUT2D eigenvalue weighted by Gasteiger charge is -2.00. The van der Waals surface area contributed by atoms with Gasteiger partial charge in [0.2, 0.25) is 0 Å². The molecule has 2 heterocycles. The van der Waals surface area contributed by atoms with Crippen molar-refractivity contribution in [3.63, 3.8) is 0 Å². The largest absolute Gasteiger partial charge is 0.478 e.